The van der Waals surface area contributed by atoms with Crippen molar-refractivity contribution in [2.24, 2.45) is 0 Å². The average Bonchev–Trinajstić information content (AvgIpc) is 2.49. The van der Waals surface area contributed by atoms with Gasteiger partial charge in [-0.15, -0.1) is 11.8 Å². The summed E-state index contributed by atoms with van der Waals surface area (Å²) in [4.78, 5) is 12.3. The van der Waals surface area contributed by atoms with Crippen molar-refractivity contribution in [3.8, 4) is 0 Å². The lowest BCUT2D eigenvalue weighted by Gasteiger charge is -2.02. The Morgan fingerprint density at radius 3 is 2.28 bits per heavy atom. The van der Waals surface area contributed by atoms with Crippen LogP contribution in [-0.4, -0.2) is 25.7 Å². The molecule has 18 heavy (non-hydrogen) atoms. The lowest BCUT2D eigenvalue weighted by Crippen LogP contribution is -2.05. The number of unbranched alkanes of at least 4 members (excludes halogenated alkanes) is 5. The summed E-state index contributed by atoms with van der Waals surface area (Å²) < 4.78 is 23.0. The van der Waals surface area contributed by atoms with E-state index in [1.54, 1.807) is 6.92 Å². The van der Waals surface area contributed by atoms with E-state index in [4.69, 9.17) is 0 Å². The van der Waals surface area contributed by atoms with Crippen LogP contribution in [0.3, 0.4) is 0 Å². The van der Waals surface area contributed by atoms with Gasteiger partial charge in [0.25, 0.3) is 0 Å². The number of rotatable bonds is 8. The summed E-state index contributed by atoms with van der Waals surface area (Å²) in [6.07, 6.45) is 7.26. The third-order valence-electron chi connectivity index (χ3n) is 3.10. The van der Waals surface area contributed by atoms with Crippen LogP contribution in [0, 0.1) is 0 Å². The van der Waals surface area contributed by atoms with Crippen LogP contribution >= 0.6 is 11.8 Å². The number of Topliss-reactive ketones (excluding diaryl/α,β-unsaturated/α-hetero) is 1. The Morgan fingerprint density at radius 1 is 1.11 bits per heavy atom. The van der Waals surface area contributed by atoms with Crippen LogP contribution in [0.5, 0.6) is 0 Å². The van der Waals surface area contributed by atoms with Crippen LogP contribution in [0.1, 0.15) is 52.4 Å². The molecule has 0 radical (unpaired) electrons. The normalized spacial score (nSPS) is 18.7. The molecule has 0 aromatic rings. The summed E-state index contributed by atoms with van der Waals surface area (Å²) in [5.74, 6) is 0.307. The molecule has 3 nitrogen and oxygen atoms in total. The lowest BCUT2D eigenvalue weighted by molar-refractivity contribution is -0.112. The molecule has 1 heterocycles. The summed E-state index contributed by atoms with van der Waals surface area (Å²) in [5, 5.41) is 0. The van der Waals surface area contributed by atoms with Crippen LogP contribution in [-0.2, 0) is 14.6 Å². The quantitative estimate of drug-likeness (QED) is 0.644. The molecule has 0 aliphatic carbocycles. The minimum absolute atomic E-state index is 0.219. The first-order chi connectivity index (χ1) is 8.49. The van der Waals surface area contributed by atoms with Gasteiger partial charge in [0, 0.05) is 0 Å². The molecule has 0 bridgehead atoms. The predicted molar refractivity (Wildman–Crippen MR) is 77.3 cm³/mol. The Labute approximate surface area is 114 Å². The van der Waals surface area contributed by atoms with E-state index in [0.29, 0.717) is 4.91 Å². The van der Waals surface area contributed by atoms with E-state index in [2.05, 4.69) is 6.92 Å². The van der Waals surface area contributed by atoms with Crippen LogP contribution in [0.15, 0.2) is 9.81 Å². The van der Waals surface area contributed by atoms with Gasteiger partial charge in [0.05, 0.1) is 9.81 Å². The fourth-order valence-corrected chi connectivity index (χ4v) is 4.66. The molecule has 0 saturated heterocycles. The van der Waals surface area contributed by atoms with Gasteiger partial charge in [0.2, 0.25) is 0 Å². The van der Waals surface area contributed by atoms with E-state index in [9.17, 15) is 13.2 Å². The molecule has 0 unspecified atom stereocenters. The number of ketones is 1. The van der Waals surface area contributed by atoms with E-state index in [0.717, 1.165) is 12.2 Å². The SMILES string of the molecule is CCCCCCCCSC1=C(C)S(=O)(=O)CC1=O. The van der Waals surface area contributed by atoms with Crippen molar-refractivity contribution >= 4 is 27.4 Å². The van der Waals surface area contributed by atoms with Gasteiger partial charge in [-0.05, 0) is 19.1 Å². The van der Waals surface area contributed by atoms with Gasteiger partial charge in [-0.3, -0.25) is 4.79 Å². The van der Waals surface area contributed by atoms with E-state index in [-0.39, 0.29) is 16.4 Å². The first kappa shape index (κ1) is 15.8. The molecule has 1 aliphatic heterocycles. The van der Waals surface area contributed by atoms with E-state index >= 15 is 0 Å². The fourth-order valence-electron chi connectivity index (χ4n) is 1.92. The molecule has 1 aliphatic rings. The largest absolute Gasteiger partial charge is 0.292 e. The molecule has 104 valence electrons. The zero-order valence-electron chi connectivity index (χ0n) is 11.2. The highest BCUT2D eigenvalue weighted by Crippen LogP contribution is 2.31. The maximum atomic E-state index is 11.5. The molecule has 0 aromatic carbocycles. The van der Waals surface area contributed by atoms with Crippen molar-refractivity contribution in [3.05, 3.63) is 9.81 Å². The number of sulfone groups is 1. The average molecular weight is 290 g/mol. The predicted octanol–water partition coefficient (Wildman–Crippen LogP) is 3.31. The van der Waals surface area contributed by atoms with Crippen molar-refractivity contribution in [3.63, 3.8) is 0 Å². The van der Waals surface area contributed by atoms with Gasteiger partial charge in [0.1, 0.15) is 5.75 Å². The first-order valence-corrected chi connectivity index (χ1v) is 9.22. The molecule has 0 atom stereocenters. The third kappa shape index (κ3) is 4.43. The van der Waals surface area contributed by atoms with Gasteiger partial charge >= 0.3 is 0 Å². The van der Waals surface area contributed by atoms with E-state index in [1.165, 1.54) is 43.9 Å². The number of allylic oxidation sites excluding steroid dienone is 2. The molecule has 0 amide bonds. The van der Waals surface area contributed by atoms with Gasteiger partial charge < -0.3 is 0 Å². The second-order valence-corrected chi connectivity index (χ2v) is 7.92. The number of thioether (sulfide) groups is 1. The number of carbonyl (C=O) groups is 1. The molecule has 0 aromatic heterocycles. The maximum absolute atomic E-state index is 11.5. The van der Waals surface area contributed by atoms with E-state index in [1.807, 2.05) is 0 Å². The van der Waals surface area contributed by atoms with Crippen molar-refractivity contribution in [1.29, 1.82) is 0 Å². The Kier molecular flexibility index (Phi) is 6.43. The fraction of sp³-hybridized carbons (Fsp3) is 0.769. The molecule has 5 heteroatoms. The van der Waals surface area contributed by atoms with Gasteiger partial charge in [-0.2, -0.15) is 0 Å². The number of carbonyl (C=O) groups excluding carboxylic acids is 1. The number of hydrogen-bond donors (Lipinski definition) is 0. The van der Waals surface area contributed by atoms with E-state index < -0.39 is 9.84 Å². The summed E-state index contributed by atoms with van der Waals surface area (Å²) in [6.45, 7) is 3.74. The highest BCUT2D eigenvalue weighted by Gasteiger charge is 2.33. The molecular weight excluding hydrogens is 268 g/mol. The van der Waals surface area contributed by atoms with Crippen LogP contribution < -0.4 is 0 Å². The lowest BCUT2D eigenvalue weighted by atomic mass is 10.1. The van der Waals surface area contributed by atoms with Crippen LogP contribution in [0.2, 0.25) is 0 Å². The second kappa shape index (κ2) is 7.34. The first-order valence-electron chi connectivity index (χ1n) is 6.58. The van der Waals surface area contributed by atoms with Crippen molar-refractivity contribution < 1.29 is 13.2 Å². The highest BCUT2D eigenvalue weighted by atomic mass is 32.2. The van der Waals surface area contributed by atoms with Gasteiger partial charge in [0.15, 0.2) is 15.6 Å². The smallest absolute Gasteiger partial charge is 0.185 e. The summed E-state index contributed by atoms with van der Waals surface area (Å²) in [7, 11) is -3.27. The van der Waals surface area contributed by atoms with Crippen molar-refractivity contribution in [1.82, 2.24) is 0 Å². The van der Waals surface area contributed by atoms with Crippen LogP contribution in [0.4, 0.5) is 0 Å². The monoisotopic (exact) mass is 290 g/mol. The van der Waals surface area contributed by atoms with Gasteiger partial charge in [-0.25, -0.2) is 8.42 Å². The Balaban J connectivity index is 2.28. The summed E-state index contributed by atoms with van der Waals surface area (Å²) in [5.41, 5.74) is 0. The molecule has 1 rings (SSSR count). The molecule has 0 N–H and O–H groups in total. The zero-order chi connectivity index (χ0) is 13.6. The minimum Gasteiger partial charge on any atom is -0.292 e. The minimum atomic E-state index is -3.27. The van der Waals surface area contributed by atoms with Crippen LogP contribution in [0.25, 0.3) is 0 Å². The standard InChI is InChI=1S/C13H22O3S2/c1-3-4-5-6-7-8-9-17-13-11(2)18(15,16)10-12(13)14/h3-10H2,1-2H3. The highest BCUT2D eigenvalue weighted by molar-refractivity contribution is 8.06. The Hall–Kier alpha value is -0.290. The van der Waals surface area contributed by atoms with Crippen molar-refractivity contribution in [2.75, 3.05) is 11.5 Å². The number of hydrogen-bond acceptors (Lipinski definition) is 4. The third-order valence-corrected chi connectivity index (χ3v) is 6.33. The Morgan fingerprint density at radius 2 is 1.72 bits per heavy atom. The molecule has 0 spiro atoms. The second-order valence-electron chi connectivity index (χ2n) is 4.68. The van der Waals surface area contributed by atoms with Crippen molar-refractivity contribution in [2.45, 2.75) is 52.4 Å². The summed E-state index contributed by atoms with van der Waals surface area (Å²) >= 11 is 1.42. The summed E-state index contributed by atoms with van der Waals surface area (Å²) in [6, 6.07) is 0. The van der Waals surface area contributed by atoms with Gasteiger partial charge in [-0.1, -0.05) is 39.0 Å². The topological polar surface area (TPSA) is 51.2 Å². The molecule has 0 fully saturated rings. The Bertz CT molecular complexity index is 422. The molecular formula is C13H22O3S2. The maximum Gasteiger partial charge on any atom is 0.185 e. The zero-order valence-corrected chi connectivity index (χ0v) is 12.8. The molecule has 0 saturated carbocycles.